The lowest BCUT2D eigenvalue weighted by molar-refractivity contribution is 0.321. The van der Waals surface area contributed by atoms with Crippen molar-refractivity contribution >= 4 is 0 Å². The van der Waals surface area contributed by atoms with Crippen molar-refractivity contribution in [1.82, 2.24) is 0 Å². The van der Waals surface area contributed by atoms with Gasteiger partial charge in [0, 0.05) is 0 Å². The summed E-state index contributed by atoms with van der Waals surface area (Å²) in [5.74, 6) is -0.244. The van der Waals surface area contributed by atoms with Gasteiger partial charge in [0.25, 0.3) is 0 Å². The number of allylic oxidation sites excluding steroid dienone is 3. The average Bonchev–Trinajstić information content (AvgIpc) is 1.88. The Bertz CT molecular complexity index is 191. The highest BCUT2D eigenvalue weighted by Gasteiger charge is 2.09. The molecule has 0 aromatic rings. The van der Waals surface area contributed by atoms with E-state index in [9.17, 15) is 4.39 Å². The predicted molar refractivity (Wildman–Crippen MR) is 38.2 cm³/mol. The molecule has 0 amide bonds. The summed E-state index contributed by atoms with van der Waals surface area (Å²) in [6, 6.07) is 0. The first-order chi connectivity index (χ1) is 4.74. The molecule has 0 aliphatic heterocycles. The maximum absolute atomic E-state index is 12.7. The van der Waals surface area contributed by atoms with Crippen LogP contribution in [0.4, 0.5) is 4.39 Å². The first kappa shape index (κ1) is 7.48. The van der Waals surface area contributed by atoms with E-state index in [0.29, 0.717) is 12.0 Å². The predicted octanol–water partition coefficient (Wildman–Crippen LogP) is 1.94. The van der Waals surface area contributed by atoms with E-state index in [4.69, 9.17) is 5.11 Å². The molecule has 1 N–H and O–H groups in total. The lowest BCUT2D eigenvalue weighted by Gasteiger charge is -2.10. The molecule has 0 bridgehead atoms. The molecule has 0 saturated heterocycles. The fourth-order valence-electron chi connectivity index (χ4n) is 1.01. The Hall–Kier alpha value is -0.630. The zero-order chi connectivity index (χ0) is 7.56. The van der Waals surface area contributed by atoms with E-state index in [1.807, 2.05) is 6.92 Å². The van der Waals surface area contributed by atoms with Crippen LogP contribution >= 0.6 is 0 Å². The van der Waals surface area contributed by atoms with E-state index in [0.717, 1.165) is 12.0 Å². The van der Waals surface area contributed by atoms with Crippen LogP contribution in [0.2, 0.25) is 0 Å². The van der Waals surface area contributed by atoms with Crippen LogP contribution in [-0.2, 0) is 0 Å². The fraction of sp³-hybridized carbons (Fsp3) is 0.500. The quantitative estimate of drug-likeness (QED) is 0.593. The molecule has 1 nitrogen and oxygen atoms in total. The van der Waals surface area contributed by atoms with Crippen LogP contribution in [0.5, 0.6) is 0 Å². The Morgan fingerprint density at radius 3 is 2.80 bits per heavy atom. The number of halogens is 1. The van der Waals surface area contributed by atoms with Crippen molar-refractivity contribution in [2.45, 2.75) is 19.8 Å². The van der Waals surface area contributed by atoms with Gasteiger partial charge in [0.05, 0.1) is 6.61 Å². The first-order valence-corrected chi connectivity index (χ1v) is 3.39. The van der Waals surface area contributed by atoms with E-state index >= 15 is 0 Å². The zero-order valence-corrected chi connectivity index (χ0v) is 6.02. The van der Waals surface area contributed by atoms with Crippen molar-refractivity contribution in [2.24, 2.45) is 0 Å². The third-order valence-electron chi connectivity index (χ3n) is 1.72. The molecule has 0 unspecified atom stereocenters. The van der Waals surface area contributed by atoms with E-state index < -0.39 is 0 Å². The molecule has 2 heteroatoms. The van der Waals surface area contributed by atoms with E-state index in [1.54, 1.807) is 0 Å². The topological polar surface area (TPSA) is 20.2 Å². The number of hydrogen-bond donors (Lipinski definition) is 1. The van der Waals surface area contributed by atoms with E-state index in [2.05, 4.69) is 0 Å². The minimum atomic E-state index is -0.244. The second kappa shape index (κ2) is 2.97. The second-order valence-electron chi connectivity index (χ2n) is 2.60. The summed E-state index contributed by atoms with van der Waals surface area (Å²) in [5.41, 5.74) is 1.58. The maximum Gasteiger partial charge on any atom is 0.124 e. The number of rotatable bonds is 1. The lowest BCUT2D eigenvalue weighted by atomic mass is 9.99. The number of aliphatic hydroxyl groups excluding tert-OH is 1. The van der Waals surface area contributed by atoms with Crippen molar-refractivity contribution in [1.29, 1.82) is 0 Å². The summed E-state index contributed by atoms with van der Waals surface area (Å²) in [5, 5.41) is 8.62. The van der Waals surface area contributed by atoms with Gasteiger partial charge >= 0.3 is 0 Å². The van der Waals surface area contributed by atoms with Crippen molar-refractivity contribution in [3.8, 4) is 0 Å². The van der Waals surface area contributed by atoms with Gasteiger partial charge < -0.3 is 5.11 Å². The molecule has 0 saturated carbocycles. The second-order valence-corrected chi connectivity index (χ2v) is 2.60. The van der Waals surface area contributed by atoms with Gasteiger partial charge in [-0.25, -0.2) is 4.39 Å². The Balaban J connectivity index is 2.80. The maximum atomic E-state index is 12.7. The average molecular weight is 142 g/mol. The van der Waals surface area contributed by atoms with Crippen LogP contribution in [0.15, 0.2) is 23.0 Å². The Kier molecular flexibility index (Phi) is 2.22. The minimum Gasteiger partial charge on any atom is -0.392 e. The standard InChI is InChI=1S/C8H11FO/c1-6-2-3-7(5-10)8(9)4-6/h4,10H,2-3,5H2,1H3. The molecule has 0 fully saturated rings. The smallest absolute Gasteiger partial charge is 0.124 e. The van der Waals surface area contributed by atoms with E-state index in [-0.39, 0.29) is 12.4 Å². The van der Waals surface area contributed by atoms with Crippen LogP contribution < -0.4 is 0 Å². The normalized spacial score (nSPS) is 19.3. The Morgan fingerprint density at radius 1 is 1.60 bits per heavy atom. The molecule has 0 radical (unpaired) electrons. The third-order valence-corrected chi connectivity index (χ3v) is 1.72. The summed E-state index contributed by atoms with van der Waals surface area (Å²) in [6.07, 6.45) is 3.04. The summed E-state index contributed by atoms with van der Waals surface area (Å²) < 4.78 is 12.7. The minimum absolute atomic E-state index is 0.143. The highest BCUT2D eigenvalue weighted by molar-refractivity contribution is 5.28. The van der Waals surface area contributed by atoms with Gasteiger partial charge in [-0.2, -0.15) is 0 Å². The molecule has 0 heterocycles. The Morgan fingerprint density at radius 2 is 2.30 bits per heavy atom. The highest BCUT2D eigenvalue weighted by Crippen LogP contribution is 2.23. The Labute approximate surface area is 59.9 Å². The van der Waals surface area contributed by atoms with Crippen LogP contribution in [0.25, 0.3) is 0 Å². The zero-order valence-electron chi connectivity index (χ0n) is 6.02. The highest BCUT2D eigenvalue weighted by atomic mass is 19.1. The van der Waals surface area contributed by atoms with Crippen LogP contribution in [0.1, 0.15) is 19.8 Å². The first-order valence-electron chi connectivity index (χ1n) is 3.39. The summed E-state index contributed by atoms with van der Waals surface area (Å²) in [6.45, 7) is 1.75. The molecular weight excluding hydrogens is 131 g/mol. The molecular formula is C8H11FO. The molecule has 0 spiro atoms. The van der Waals surface area contributed by atoms with Gasteiger partial charge in [-0.3, -0.25) is 0 Å². The SMILES string of the molecule is CC1=CC(F)=C(CO)CC1. The van der Waals surface area contributed by atoms with Crippen molar-refractivity contribution in [2.75, 3.05) is 6.61 Å². The summed E-state index contributed by atoms with van der Waals surface area (Å²) in [7, 11) is 0. The van der Waals surface area contributed by atoms with E-state index in [1.165, 1.54) is 6.08 Å². The lowest BCUT2D eigenvalue weighted by Crippen LogP contribution is -1.98. The van der Waals surface area contributed by atoms with Crippen molar-refractivity contribution < 1.29 is 9.50 Å². The van der Waals surface area contributed by atoms with Gasteiger partial charge in [-0.05, 0) is 31.4 Å². The molecule has 10 heavy (non-hydrogen) atoms. The molecule has 0 aromatic carbocycles. The van der Waals surface area contributed by atoms with Gasteiger partial charge in [-0.1, -0.05) is 5.57 Å². The van der Waals surface area contributed by atoms with Crippen molar-refractivity contribution in [3.63, 3.8) is 0 Å². The molecule has 0 aromatic heterocycles. The summed E-state index contributed by atoms with van der Waals surface area (Å²) in [4.78, 5) is 0. The van der Waals surface area contributed by atoms with Gasteiger partial charge in [0.2, 0.25) is 0 Å². The van der Waals surface area contributed by atoms with Crippen LogP contribution in [-0.4, -0.2) is 11.7 Å². The number of aliphatic hydroxyl groups is 1. The molecule has 1 aliphatic rings. The molecule has 1 aliphatic carbocycles. The van der Waals surface area contributed by atoms with Crippen molar-refractivity contribution in [3.05, 3.63) is 23.0 Å². The van der Waals surface area contributed by atoms with Crippen LogP contribution in [0.3, 0.4) is 0 Å². The fourth-order valence-corrected chi connectivity index (χ4v) is 1.01. The van der Waals surface area contributed by atoms with Gasteiger partial charge in [0.1, 0.15) is 5.83 Å². The largest absolute Gasteiger partial charge is 0.392 e. The van der Waals surface area contributed by atoms with Gasteiger partial charge in [-0.15, -0.1) is 0 Å². The third kappa shape index (κ3) is 1.45. The molecule has 0 atom stereocenters. The molecule has 1 rings (SSSR count). The number of hydrogen-bond acceptors (Lipinski definition) is 1. The monoisotopic (exact) mass is 142 g/mol. The molecule has 56 valence electrons. The van der Waals surface area contributed by atoms with Crippen LogP contribution in [0, 0.1) is 0 Å². The van der Waals surface area contributed by atoms with Gasteiger partial charge in [0.15, 0.2) is 0 Å². The summed E-state index contributed by atoms with van der Waals surface area (Å²) >= 11 is 0.